The van der Waals surface area contributed by atoms with Crippen LogP contribution < -0.4 is 5.32 Å². The molecule has 3 heterocycles. The quantitative estimate of drug-likeness (QED) is 0.773. The second kappa shape index (κ2) is 7.13. The van der Waals surface area contributed by atoms with Gasteiger partial charge < -0.3 is 5.32 Å². The highest BCUT2D eigenvalue weighted by Gasteiger charge is 2.16. The van der Waals surface area contributed by atoms with Gasteiger partial charge in [0.15, 0.2) is 0 Å². The summed E-state index contributed by atoms with van der Waals surface area (Å²) < 4.78 is 0. The van der Waals surface area contributed by atoms with Crippen molar-refractivity contribution < 1.29 is 4.79 Å². The van der Waals surface area contributed by atoms with Crippen molar-refractivity contribution in [3.8, 4) is 16.8 Å². The number of thiophene rings is 1. The van der Waals surface area contributed by atoms with E-state index in [1.54, 1.807) is 6.20 Å². The van der Waals surface area contributed by atoms with Gasteiger partial charge in [0.1, 0.15) is 11.0 Å². The monoisotopic (exact) mass is 340 g/mol. The molecule has 0 bridgehead atoms. The van der Waals surface area contributed by atoms with E-state index in [0.29, 0.717) is 5.69 Å². The number of thiazole rings is 1. The Labute approximate surface area is 141 Å². The minimum absolute atomic E-state index is 0.144. The number of carbonyl (C=O) groups excluding carboxylic acids is 1. The van der Waals surface area contributed by atoms with Gasteiger partial charge in [-0.2, -0.15) is 16.6 Å². The summed E-state index contributed by atoms with van der Waals surface area (Å²) >= 11 is 2.95. The fraction of sp³-hybridized carbons (Fsp3) is 0.125. The molecule has 0 aliphatic carbocycles. The SMILES string of the molecule is N#CC(NC(=O)Cc1csc(-c2ccccn2)n1)c1ccsc1. The summed E-state index contributed by atoms with van der Waals surface area (Å²) in [5.41, 5.74) is 2.27. The standard InChI is InChI=1S/C16H12N4OS2/c17-8-14(11-4-6-22-9-11)20-15(21)7-12-10-23-16(19-12)13-3-1-2-5-18-13/h1-6,9-10,14H,7H2,(H,20,21). The van der Waals surface area contributed by atoms with Crippen LogP contribution >= 0.6 is 22.7 Å². The van der Waals surface area contributed by atoms with E-state index in [9.17, 15) is 10.1 Å². The summed E-state index contributed by atoms with van der Waals surface area (Å²) in [7, 11) is 0. The third-order valence-electron chi connectivity index (χ3n) is 3.09. The van der Waals surface area contributed by atoms with Crippen LogP contribution in [0, 0.1) is 11.3 Å². The maximum Gasteiger partial charge on any atom is 0.227 e. The zero-order valence-corrected chi connectivity index (χ0v) is 13.6. The van der Waals surface area contributed by atoms with Crippen LogP contribution in [0.4, 0.5) is 0 Å². The van der Waals surface area contributed by atoms with Gasteiger partial charge in [-0.25, -0.2) is 4.98 Å². The zero-order chi connectivity index (χ0) is 16.1. The lowest BCUT2D eigenvalue weighted by molar-refractivity contribution is -0.120. The number of hydrogen-bond donors (Lipinski definition) is 1. The highest BCUT2D eigenvalue weighted by Crippen LogP contribution is 2.22. The molecule has 0 fully saturated rings. The van der Waals surface area contributed by atoms with E-state index in [1.165, 1.54) is 22.7 Å². The van der Waals surface area contributed by atoms with Gasteiger partial charge in [-0.15, -0.1) is 11.3 Å². The summed E-state index contributed by atoms with van der Waals surface area (Å²) in [6.45, 7) is 0. The van der Waals surface area contributed by atoms with Crippen molar-refractivity contribution in [3.05, 3.63) is 57.9 Å². The molecule has 3 rings (SSSR count). The second-order valence-electron chi connectivity index (χ2n) is 4.72. The van der Waals surface area contributed by atoms with E-state index in [-0.39, 0.29) is 12.3 Å². The number of pyridine rings is 1. The molecule has 3 aromatic rings. The number of hydrogen-bond acceptors (Lipinski definition) is 6. The topological polar surface area (TPSA) is 78.7 Å². The van der Waals surface area contributed by atoms with Crippen LogP contribution in [-0.4, -0.2) is 15.9 Å². The Morgan fingerprint density at radius 3 is 2.96 bits per heavy atom. The zero-order valence-electron chi connectivity index (χ0n) is 12.0. The van der Waals surface area contributed by atoms with Gasteiger partial charge >= 0.3 is 0 Å². The largest absolute Gasteiger partial charge is 0.336 e. The second-order valence-corrected chi connectivity index (χ2v) is 6.36. The molecule has 114 valence electrons. The van der Waals surface area contributed by atoms with Crippen molar-refractivity contribution in [2.75, 3.05) is 0 Å². The van der Waals surface area contributed by atoms with E-state index in [1.807, 2.05) is 40.4 Å². The van der Waals surface area contributed by atoms with E-state index >= 15 is 0 Å². The molecule has 1 atom stereocenters. The molecule has 0 aromatic carbocycles. The van der Waals surface area contributed by atoms with E-state index < -0.39 is 6.04 Å². The Kier molecular flexibility index (Phi) is 4.76. The molecule has 3 aromatic heterocycles. The number of carbonyl (C=O) groups is 1. The highest BCUT2D eigenvalue weighted by atomic mass is 32.1. The van der Waals surface area contributed by atoms with E-state index in [0.717, 1.165) is 16.3 Å². The molecule has 0 spiro atoms. The summed E-state index contributed by atoms with van der Waals surface area (Å²) in [5.74, 6) is -0.222. The van der Waals surface area contributed by atoms with Gasteiger partial charge in [0.2, 0.25) is 5.91 Å². The number of aromatic nitrogens is 2. The molecular formula is C16H12N4OS2. The Morgan fingerprint density at radius 2 is 2.26 bits per heavy atom. The summed E-state index contributed by atoms with van der Waals surface area (Å²) in [5, 5.41) is 18.3. The van der Waals surface area contributed by atoms with Gasteiger partial charge in [0.25, 0.3) is 0 Å². The van der Waals surface area contributed by atoms with Gasteiger partial charge in [0, 0.05) is 11.6 Å². The van der Waals surface area contributed by atoms with Gasteiger partial charge in [-0.1, -0.05) is 6.07 Å². The molecule has 0 saturated carbocycles. The van der Waals surface area contributed by atoms with Crippen LogP contribution in [0.15, 0.2) is 46.6 Å². The number of rotatable bonds is 5. The van der Waals surface area contributed by atoms with Crippen LogP contribution in [0.3, 0.4) is 0 Å². The third kappa shape index (κ3) is 3.80. The first kappa shape index (κ1) is 15.3. The van der Waals surface area contributed by atoms with Gasteiger partial charge in [-0.3, -0.25) is 9.78 Å². The molecule has 7 heteroatoms. The smallest absolute Gasteiger partial charge is 0.227 e. The highest BCUT2D eigenvalue weighted by molar-refractivity contribution is 7.13. The lowest BCUT2D eigenvalue weighted by atomic mass is 10.1. The van der Waals surface area contributed by atoms with Crippen molar-refractivity contribution in [2.45, 2.75) is 12.5 Å². The van der Waals surface area contributed by atoms with Crippen molar-refractivity contribution in [3.63, 3.8) is 0 Å². The van der Waals surface area contributed by atoms with Crippen LogP contribution in [0.5, 0.6) is 0 Å². The van der Waals surface area contributed by atoms with Gasteiger partial charge in [-0.05, 0) is 34.5 Å². The van der Waals surface area contributed by atoms with Crippen LogP contribution in [0.2, 0.25) is 0 Å². The summed E-state index contributed by atoms with van der Waals surface area (Å²) in [4.78, 5) is 20.8. The fourth-order valence-electron chi connectivity index (χ4n) is 2.00. The Hall–Kier alpha value is -2.56. The van der Waals surface area contributed by atoms with Gasteiger partial charge in [0.05, 0.1) is 23.9 Å². The average Bonchev–Trinajstić information content (AvgIpc) is 3.25. The number of nitrogens with one attached hydrogen (secondary N) is 1. The molecule has 1 unspecified atom stereocenters. The molecule has 0 aliphatic heterocycles. The molecule has 23 heavy (non-hydrogen) atoms. The first-order valence-corrected chi connectivity index (χ1v) is 8.65. The lowest BCUT2D eigenvalue weighted by Crippen LogP contribution is -2.28. The predicted octanol–water partition coefficient (Wildman–Crippen LogP) is 3.19. The van der Waals surface area contributed by atoms with Crippen molar-refractivity contribution in [1.82, 2.24) is 15.3 Å². The lowest BCUT2D eigenvalue weighted by Gasteiger charge is -2.09. The van der Waals surface area contributed by atoms with Crippen molar-refractivity contribution >= 4 is 28.6 Å². The fourth-order valence-corrected chi connectivity index (χ4v) is 3.48. The number of nitriles is 1. The molecular weight excluding hydrogens is 328 g/mol. The van der Waals surface area contributed by atoms with Crippen LogP contribution in [0.25, 0.3) is 10.7 Å². The molecule has 0 aliphatic rings. The Bertz CT molecular complexity index is 821. The average molecular weight is 340 g/mol. The predicted molar refractivity (Wildman–Crippen MR) is 89.9 cm³/mol. The molecule has 0 radical (unpaired) electrons. The Balaban J connectivity index is 1.65. The van der Waals surface area contributed by atoms with Crippen molar-refractivity contribution in [2.24, 2.45) is 0 Å². The first-order valence-electron chi connectivity index (χ1n) is 6.83. The third-order valence-corrected chi connectivity index (χ3v) is 4.70. The van der Waals surface area contributed by atoms with E-state index in [4.69, 9.17) is 0 Å². The molecule has 1 N–H and O–H groups in total. The molecule has 0 saturated heterocycles. The maximum absolute atomic E-state index is 12.1. The molecule has 5 nitrogen and oxygen atoms in total. The Morgan fingerprint density at radius 1 is 1.35 bits per heavy atom. The van der Waals surface area contributed by atoms with Crippen LogP contribution in [-0.2, 0) is 11.2 Å². The minimum atomic E-state index is -0.623. The number of nitrogens with zero attached hydrogens (tertiary/aromatic N) is 3. The molecule has 1 amide bonds. The number of amides is 1. The normalized spacial score (nSPS) is 11.6. The summed E-state index contributed by atoms with van der Waals surface area (Å²) in [6.07, 6.45) is 1.85. The van der Waals surface area contributed by atoms with E-state index in [2.05, 4.69) is 21.4 Å². The van der Waals surface area contributed by atoms with Crippen LogP contribution in [0.1, 0.15) is 17.3 Å². The first-order chi connectivity index (χ1) is 11.3. The maximum atomic E-state index is 12.1. The summed E-state index contributed by atoms with van der Waals surface area (Å²) in [6, 6.07) is 8.93. The van der Waals surface area contributed by atoms with Crippen molar-refractivity contribution in [1.29, 1.82) is 5.26 Å². The minimum Gasteiger partial charge on any atom is -0.336 e.